The van der Waals surface area contributed by atoms with Gasteiger partial charge in [-0.1, -0.05) is 6.92 Å². The van der Waals surface area contributed by atoms with Crippen molar-refractivity contribution >= 4 is 17.5 Å². The van der Waals surface area contributed by atoms with Crippen molar-refractivity contribution in [3.05, 3.63) is 29.8 Å². The number of hydrogen-bond acceptors (Lipinski definition) is 3. The number of carbonyl (C=O) groups is 2. The second-order valence-electron chi connectivity index (χ2n) is 8.26. The van der Waals surface area contributed by atoms with Crippen molar-refractivity contribution in [1.82, 2.24) is 9.80 Å². The maximum Gasteiger partial charge on any atom is 0.253 e. The molecule has 2 atom stereocenters. The molecule has 0 saturated carbocycles. The highest BCUT2D eigenvalue weighted by Crippen LogP contribution is 2.30. The highest BCUT2D eigenvalue weighted by Gasteiger charge is 2.41. The lowest BCUT2D eigenvalue weighted by atomic mass is 9.94. The zero-order valence-corrected chi connectivity index (χ0v) is 16.4. The van der Waals surface area contributed by atoms with Gasteiger partial charge in [-0.05, 0) is 62.8 Å². The van der Waals surface area contributed by atoms with E-state index in [0.29, 0.717) is 13.1 Å². The molecule has 0 radical (unpaired) electrons. The molecule has 146 valence electrons. The lowest BCUT2D eigenvalue weighted by molar-refractivity contribution is -0.139. The van der Waals surface area contributed by atoms with E-state index in [1.54, 1.807) is 0 Å². The van der Waals surface area contributed by atoms with Crippen LogP contribution in [-0.2, 0) is 4.79 Å². The van der Waals surface area contributed by atoms with E-state index in [4.69, 9.17) is 0 Å². The Morgan fingerprint density at radius 2 is 1.78 bits per heavy atom. The van der Waals surface area contributed by atoms with Gasteiger partial charge in [-0.2, -0.15) is 0 Å². The van der Waals surface area contributed by atoms with E-state index in [1.165, 1.54) is 24.9 Å². The Hall–Kier alpha value is -2.04. The summed E-state index contributed by atoms with van der Waals surface area (Å²) in [6, 6.07) is 8.28. The third kappa shape index (κ3) is 3.69. The summed E-state index contributed by atoms with van der Waals surface area (Å²) in [5, 5.41) is 0. The first-order valence-electron chi connectivity index (χ1n) is 10.6. The molecule has 4 saturated heterocycles. The van der Waals surface area contributed by atoms with E-state index in [9.17, 15) is 9.59 Å². The second-order valence-corrected chi connectivity index (χ2v) is 8.26. The molecule has 5 rings (SSSR count). The van der Waals surface area contributed by atoms with Gasteiger partial charge in [0.25, 0.3) is 5.91 Å². The van der Waals surface area contributed by atoms with Crippen molar-refractivity contribution in [2.45, 2.75) is 51.5 Å². The molecule has 4 aliphatic rings. The van der Waals surface area contributed by atoms with Gasteiger partial charge in [-0.25, -0.2) is 0 Å². The number of benzene rings is 1. The lowest BCUT2D eigenvalue weighted by Crippen LogP contribution is -2.48. The zero-order valence-electron chi connectivity index (χ0n) is 16.4. The number of anilines is 1. The Kier molecular flexibility index (Phi) is 5.37. The third-order valence-corrected chi connectivity index (χ3v) is 6.38. The average molecular weight is 370 g/mol. The molecule has 0 N–H and O–H groups in total. The van der Waals surface area contributed by atoms with Crippen LogP contribution in [0, 0.1) is 5.92 Å². The van der Waals surface area contributed by atoms with Gasteiger partial charge >= 0.3 is 0 Å². The van der Waals surface area contributed by atoms with E-state index in [2.05, 4.69) is 24.0 Å². The second kappa shape index (κ2) is 7.91. The van der Waals surface area contributed by atoms with Crippen molar-refractivity contribution in [2.24, 2.45) is 5.92 Å². The fraction of sp³-hybridized carbons (Fsp3) is 0.636. The first kappa shape index (κ1) is 18.3. The highest BCUT2D eigenvalue weighted by atomic mass is 16.2. The van der Waals surface area contributed by atoms with Gasteiger partial charge in [-0.3, -0.25) is 9.59 Å². The zero-order chi connectivity index (χ0) is 18.8. The van der Waals surface area contributed by atoms with Crippen molar-refractivity contribution in [3.63, 3.8) is 0 Å². The fourth-order valence-electron chi connectivity index (χ4n) is 4.89. The predicted molar refractivity (Wildman–Crippen MR) is 107 cm³/mol. The smallest absolute Gasteiger partial charge is 0.253 e. The summed E-state index contributed by atoms with van der Waals surface area (Å²) in [7, 11) is 0. The number of rotatable bonds is 4. The molecule has 4 fully saturated rings. The number of carbonyl (C=O) groups excluding carboxylic acids is 2. The van der Waals surface area contributed by atoms with Crippen LogP contribution in [0.25, 0.3) is 0 Å². The molecule has 2 amide bonds. The van der Waals surface area contributed by atoms with Crippen LogP contribution in [0.1, 0.15) is 55.8 Å². The predicted octanol–water partition coefficient (Wildman–Crippen LogP) is 3.15. The number of piperidine rings is 2. The summed E-state index contributed by atoms with van der Waals surface area (Å²) in [4.78, 5) is 32.2. The molecule has 4 aliphatic heterocycles. The summed E-state index contributed by atoms with van der Waals surface area (Å²) >= 11 is 0. The van der Waals surface area contributed by atoms with Gasteiger partial charge in [-0.15, -0.1) is 0 Å². The maximum atomic E-state index is 13.1. The topological polar surface area (TPSA) is 43.9 Å². The molecule has 5 heteroatoms. The Balaban J connectivity index is 1.47. The Morgan fingerprint density at radius 1 is 1.04 bits per heavy atom. The van der Waals surface area contributed by atoms with Gasteiger partial charge in [0.05, 0.1) is 5.92 Å². The van der Waals surface area contributed by atoms with Crippen LogP contribution in [0.4, 0.5) is 5.69 Å². The normalized spacial score (nSPS) is 25.7. The van der Waals surface area contributed by atoms with Crippen LogP contribution in [0.3, 0.4) is 0 Å². The molecular weight excluding hydrogens is 338 g/mol. The molecule has 0 aromatic heterocycles. The molecule has 0 aliphatic carbocycles. The summed E-state index contributed by atoms with van der Waals surface area (Å²) in [5.41, 5.74) is 1.96. The van der Waals surface area contributed by atoms with Crippen molar-refractivity contribution in [1.29, 1.82) is 0 Å². The molecule has 1 aromatic carbocycles. The van der Waals surface area contributed by atoms with Crippen LogP contribution in [-0.4, -0.2) is 60.4 Å². The van der Waals surface area contributed by atoms with Crippen LogP contribution < -0.4 is 4.90 Å². The molecule has 5 nitrogen and oxygen atoms in total. The Labute approximate surface area is 162 Å². The lowest BCUT2D eigenvalue weighted by Gasteiger charge is -2.35. The quantitative estimate of drug-likeness (QED) is 0.819. The van der Waals surface area contributed by atoms with Gasteiger partial charge in [0.15, 0.2) is 0 Å². The first-order chi connectivity index (χ1) is 13.2. The van der Waals surface area contributed by atoms with Crippen LogP contribution in [0.5, 0.6) is 0 Å². The van der Waals surface area contributed by atoms with E-state index in [1.807, 2.05) is 21.9 Å². The van der Waals surface area contributed by atoms with Crippen molar-refractivity contribution in [2.75, 3.05) is 37.6 Å². The minimum Gasteiger partial charge on any atom is -0.372 e. The van der Waals surface area contributed by atoms with Crippen LogP contribution in [0.2, 0.25) is 0 Å². The molecule has 27 heavy (non-hydrogen) atoms. The minimum atomic E-state index is -0.0214. The number of hydrogen-bond donors (Lipinski definition) is 0. The minimum absolute atomic E-state index is 0.0214. The first-order valence-corrected chi connectivity index (χ1v) is 10.6. The van der Waals surface area contributed by atoms with Gasteiger partial charge < -0.3 is 14.7 Å². The van der Waals surface area contributed by atoms with E-state index >= 15 is 0 Å². The maximum absolute atomic E-state index is 13.1. The summed E-state index contributed by atoms with van der Waals surface area (Å²) in [5.74, 6) is 0.305. The monoisotopic (exact) mass is 369 g/mol. The van der Waals surface area contributed by atoms with Crippen LogP contribution in [0.15, 0.2) is 24.3 Å². The Bertz CT molecular complexity index is 681. The summed E-state index contributed by atoms with van der Waals surface area (Å²) in [6.45, 7) is 6.39. The molecule has 1 aromatic rings. The van der Waals surface area contributed by atoms with Gasteiger partial charge in [0, 0.05) is 50.0 Å². The number of amides is 2. The fourth-order valence-corrected chi connectivity index (χ4v) is 4.89. The van der Waals surface area contributed by atoms with E-state index < -0.39 is 0 Å². The van der Waals surface area contributed by atoms with E-state index in [-0.39, 0.29) is 23.8 Å². The highest BCUT2D eigenvalue weighted by molar-refractivity contribution is 5.95. The SMILES string of the molecule is CCCN1C(=O)[C@H]2CC[C@@H]1CN(C(=O)c1ccc(N3CCCCC3)cc1)C2. The largest absolute Gasteiger partial charge is 0.372 e. The Morgan fingerprint density at radius 3 is 2.48 bits per heavy atom. The van der Waals surface area contributed by atoms with Crippen molar-refractivity contribution < 1.29 is 9.59 Å². The molecule has 4 heterocycles. The number of nitrogens with zero attached hydrogens (tertiary/aromatic N) is 3. The molecular formula is C22H31N3O2. The van der Waals surface area contributed by atoms with E-state index in [0.717, 1.165) is 44.5 Å². The standard InChI is InChI=1S/C22H31N3O2/c1-2-12-25-20-11-8-18(22(25)27)15-24(16-20)21(26)17-6-9-19(10-7-17)23-13-4-3-5-14-23/h6-7,9-10,18,20H,2-5,8,11-16H2,1H3/t18-,20+/m0/s1. The molecule has 0 spiro atoms. The third-order valence-electron chi connectivity index (χ3n) is 6.38. The van der Waals surface area contributed by atoms with Crippen molar-refractivity contribution in [3.8, 4) is 0 Å². The average Bonchev–Trinajstić information content (AvgIpc) is 3.01. The molecule has 0 unspecified atom stereocenters. The van der Waals surface area contributed by atoms with Gasteiger partial charge in [0.1, 0.15) is 0 Å². The summed E-state index contributed by atoms with van der Waals surface area (Å²) < 4.78 is 0. The van der Waals surface area contributed by atoms with Crippen LogP contribution >= 0.6 is 0 Å². The van der Waals surface area contributed by atoms with Gasteiger partial charge in [0.2, 0.25) is 5.91 Å². The number of fused-ring (bicyclic) bond motifs is 4. The summed E-state index contributed by atoms with van der Waals surface area (Å²) in [6.07, 6.45) is 6.73. The molecule has 2 bridgehead atoms.